The molecule has 0 aromatic heterocycles. The van der Waals surface area contributed by atoms with Gasteiger partial charge in [0.05, 0.1) is 12.0 Å². The Kier molecular flexibility index (Phi) is 5.14. The number of carbonyl (C=O) groups excluding carboxylic acids is 1. The summed E-state index contributed by atoms with van der Waals surface area (Å²) in [6.07, 6.45) is 0.703. The smallest absolute Gasteiger partial charge is 0.262 e. The van der Waals surface area contributed by atoms with E-state index in [9.17, 15) is 13.2 Å². The van der Waals surface area contributed by atoms with Gasteiger partial charge in [0.15, 0.2) is 0 Å². The molecule has 0 atom stereocenters. The van der Waals surface area contributed by atoms with Gasteiger partial charge in [0, 0.05) is 23.3 Å². The zero-order valence-electron chi connectivity index (χ0n) is 16.9. The number of rotatable bonds is 4. The Labute approximate surface area is 166 Å². The number of benzene rings is 2. The summed E-state index contributed by atoms with van der Waals surface area (Å²) in [5, 5.41) is 0. The second-order valence-corrected chi connectivity index (χ2v) is 9.69. The topological polar surface area (TPSA) is 75.7 Å². The number of methoxy groups -OCH3 is 1. The predicted octanol–water partition coefficient (Wildman–Crippen LogP) is 3.74. The summed E-state index contributed by atoms with van der Waals surface area (Å²) < 4.78 is 33.4. The van der Waals surface area contributed by atoms with Crippen LogP contribution in [0.5, 0.6) is 5.75 Å². The van der Waals surface area contributed by atoms with Crippen molar-refractivity contribution < 1.29 is 17.9 Å². The van der Waals surface area contributed by atoms with Crippen molar-refractivity contribution in [1.82, 2.24) is 0 Å². The average molecular weight is 403 g/mol. The minimum absolute atomic E-state index is 0.0634. The van der Waals surface area contributed by atoms with E-state index in [0.717, 1.165) is 11.3 Å². The molecule has 2 aromatic carbocycles. The van der Waals surface area contributed by atoms with Crippen molar-refractivity contribution in [2.45, 2.75) is 39.0 Å². The monoisotopic (exact) mass is 402 g/mol. The molecule has 6 nitrogen and oxygen atoms in total. The molecule has 0 saturated carbocycles. The molecular formula is C21H26N2O4S. The number of sulfonamides is 1. The Hall–Kier alpha value is -2.54. The lowest BCUT2D eigenvalue weighted by molar-refractivity contribution is -0.125. The number of anilines is 2. The van der Waals surface area contributed by atoms with Gasteiger partial charge in [-0.15, -0.1) is 0 Å². The van der Waals surface area contributed by atoms with Crippen LogP contribution in [0.15, 0.2) is 41.3 Å². The maximum absolute atomic E-state index is 12.8. The molecule has 3 rings (SSSR count). The highest BCUT2D eigenvalue weighted by atomic mass is 32.2. The van der Waals surface area contributed by atoms with Crippen LogP contribution in [0.25, 0.3) is 0 Å². The Morgan fingerprint density at radius 1 is 1.14 bits per heavy atom. The fourth-order valence-corrected chi connectivity index (χ4v) is 4.62. The van der Waals surface area contributed by atoms with Crippen molar-refractivity contribution in [3.8, 4) is 5.75 Å². The van der Waals surface area contributed by atoms with Crippen molar-refractivity contribution in [2.24, 2.45) is 5.41 Å². The molecule has 7 heteroatoms. The van der Waals surface area contributed by atoms with E-state index in [4.69, 9.17) is 4.74 Å². The SMILES string of the molecule is COc1ccc(S(=O)(=O)Nc2ccc3c(c2)CCN3C(=O)C(C)(C)C)c(C)c1. The number of hydrogen-bond acceptors (Lipinski definition) is 4. The first kappa shape index (κ1) is 20.2. The predicted molar refractivity (Wildman–Crippen MR) is 110 cm³/mol. The van der Waals surface area contributed by atoms with Crippen LogP contribution >= 0.6 is 0 Å². The van der Waals surface area contributed by atoms with Gasteiger partial charge in [0.1, 0.15) is 5.75 Å². The standard InChI is InChI=1S/C21H26N2O4S/c1-14-12-17(27-5)7-9-19(14)28(25,26)22-16-6-8-18-15(13-16)10-11-23(18)20(24)21(2,3)4/h6-9,12-13,22H,10-11H2,1-5H3. The van der Waals surface area contributed by atoms with Crippen LogP contribution in [0.2, 0.25) is 0 Å². The highest BCUT2D eigenvalue weighted by Gasteiger charge is 2.32. The lowest BCUT2D eigenvalue weighted by Crippen LogP contribution is -2.38. The van der Waals surface area contributed by atoms with Crippen molar-refractivity contribution in [2.75, 3.05) is 23.3 Å². The molecule has 0 radical (unpaired) electrons. The number of nitrogens with one attached hydrogen (secondary N) is 1. The molecule has 28 heavy (non-hydrogen) atoms. The first-order chi connectivity index (χ1) is 13.0. The van der Waals surface area contributed by atoms with Crippen LogP contribution in [-0.4, -0.2) is 28.0 Å². The largest absolute Gasteiger partial charge is 0.497 e. The molecule has 1 aliphatic rings. The van der Waals surface area contributed by atoms with Gasteiger partial charge in [-0.05, 0) is 60.9 Å². The molecule has 1 heterocycles. The summed E-state index contributed by atoms with van der Waals surface area (Å²) in [4.78, 5) is 14.6. The van der Waals surface area contributed by atoms with Crippen molar-refractivity contribution >= 4 is 27.3 Å². The molecule has 0 spiro atoms. The van der Waals surface area contributed by atoms with E-state index < -0.39 is 15.4 Å². The second kappa shape index (κ2) is 7.13. The molecule has 2 aromatic rings. The lowest BCUT2D eigenvalue weighted by atomic mass is 9.94. The number of ether oxygens (including phenoxy) is 1. The van der Waals surface area contributed by atoms with E-state index in [0.29, 0.717) is 30.0 Å². The molecule has 0 unspecified atom stereocenters. The van der Waals surface area contributed by atoms with Crippen LogP contribution < -0.4 is 14.4 Å². The van der Waals surface area contributed by atoms with Crippen molar-refractivity contribution in [1.29, 1.82) is 0 Å². The molecule has 0 aliphatic carbocycles. The van der Waals surface area contributed by atoms with Gasteiger partial charge in [-0.25, -0.2) is 8.42 Å². The average Bonchev–Trinajstić information content (AvgIpc) is 3.02. The van der Waals surface area contributed by atoms with Gasteiger partial charge in [-0.2, -0.15) is 0 Å². The van der Waals surface area contributed by atoms with E-state index in [-0.39, 0.29) is 10.8 Å². The Bertz CT molecular complexity index is 1020. The molecule has 1 amide bonds. The molecule has 1 aliphatic heterocycles. The van der Waals surface area contributed by atoms with E-state index in [1.54, 1.807) is 37.1 Å². The molecular weight excluding hydrogens is 376 g/mol. The maximum Gasteiger partial charge on any atom is 0.262 e. The number of aryl methyl sites for hydroxylation is 1. The maximum atomic E-state index is 12.8. The van der Waals surface area contributed by atoms with Crippen LogP contribution in [-0.2, 0) is 21.2 Å². The zero-order chi connectivity index (χ0) is 20.7. The number of carbonyl (C=O) groups is 1. The minimum atomic E-state index is -3.73. The number of fused-ring (bicyclic) bond motifs is 1. The first-order valence-corrected chi connectivity index (χ1v) is 10.6. The normalized spacial score (nSPS) is 14.0. The van der Waals surface area contributed by atoms with Crippen molar-refractivity contribution in [3.05, 3.63) is 47.5 Å². The van der Waals surface area contributed by atoms with E-state index >= 15 is 0 Å². The summed E-state index contributed by atoms with van der Waals surface area (Å²) >= 11 is 0. The third-order valence-corrected chi connectivity index (χ3v) is 6.33. The lowest BCUT2D eigenvalue weighted by Gasteiger charge is -2.26. The van der Waals surface area contributed by atoms with Gasteiger partial charge in [-0.3, -0.25) is 9.52 Å². The van der Waals surface area contributed by atoms with Gasteiger partial charge >= 0.3 is 0 Å². The van der Waals surface area contributed by atoms with Crippen molar-refractivity contribution in [3.63, 3.8) is 0 Å². The number of hydrogen-bond donors (Lipinski definition) is 1. The van der Waals surface area contributed by atoms with Crippen LogP contribution in [0.4, 0.5) is 11.4 Å². The highest BCUT2D eigenvalue weighted by molar-refractivity contribution is 7.92. The minimum Gasteiger partial charge on any atom is -0.497 e. The zero-order valence-corrected chi connectivity index (χ0v) is 17.7. The third-order valence-electron chi connectivity index (χ3n) is 4.79. The van der Waals surface area contributed by atoms with Crippen LogP contribution in [0.3, 0.4) is 0 Å². The summed E-state index contributed by atoms with van der Waals surface area (Å²) in [5.41, 5.74) is 2.44. The molecule has 0 bridgehead atoms. The first-order valence-electron chi connectivity index (χ1n) is 9.15. The molecule has 150 valence electrons. The van der Waals surface area contributed by atoms with Gasteiger partial charge in [0.2, 0.25) is 5.91 Å². The van der Waals surface area contributed by atoms with Gasteiger partial charge in [0.25, 0.3) is 10.0 Å². The second-order valence-electron chi connectivity index (χ2n) is 8.04. The quantitative estimate of drug-likeness (QED) is 0.845. The fourth-order valence-electron chi connectivity index (χ4n) is 3.34. The van der Waals surface area contributed by atoms with Crippen LogP contribution in [0, 0.1) is 12.3 Å². The summed E-state index contributed by atoms with van der Waals surface area (Å²) in [6.45, 7) is 8.03. The van der Waals surface area contributed by atoms with E-state index in [1.165, 1.54) is 6.07 Å². The fraction of sp³-hybridized carbons (Fsp3) is 0.381. The summed E-state index contributed by atoms with van der Waals surface area (Å²) in [5.74, 6) is 0.672. The number of nitrogens with zero attached hydrogens (tertiary/aromatic N) is 1. The molecule has 0 saturated heterocycles. The van der Waals surface area contributed by atoms with E-state index in [1.807, 2.05) is 32.9 Å². The van der Waals surface area contributed by atoms with Gasteiger partial charge in [-0.1, -0.05) is 20.8 Å². The Morgan fingerprint density at radius 3 is 2.46 bits per heavy atom. The Morgan fingerprint density at radius 2 is 1.86 bits per heavy atom. The van der Waals surface area contributed by atoms with E-state index in [2.05, 4.69) is 4.72 Å². The number of amides is 1. The summed E-state index contributed by atoms with van der Waals surface area (Å²) in [6, 6.07) is 10.2. The molecule has 1 N–H and O–H groups in total. The highest BCUT2D eigenvalue weighted by Crippen LogP contribution is 2.34. The van der Waals surface area contributed by atoms with Crippen LogP contribution in [0.1, 0.15) is 31.9 Å². The summed E-state index contributed by atoms with van der Waals surface area (Å²) in [7, 11) is -2.18. The third kappa shape index (κ3) is 3.85. The molecule has 0 fully saturated rings. The van der Waals surface area contributed by atoms with Gasteiger partial charge < -0.3 is 9.64 Å². The Balaban J connectivity index is 1.86.